The van der Waals surface area contributed by atoms with Crippen LogP contribution in [-0.4, -0.2) is 50.4 Å². The van der Waals surface area contributed by atoms with Crippen LogP contribution in [0.4, 0.5) is 0 Å². The van der Waals surface area contributed by atoms with E-state index in [4.69, 9.17) is 5.11 Å². The molecule has 112 valence electrons. The molecule has 0 spiro atoms. The van der Waals surface area contributed by atoms with Gasteiger partial charge in [-0.2, -0.15) is 0 Å². The van der Waals surface area contributed by atoms with Crippen molar-refractivity contribution in [2.24, 2.45) is 0 Å². The second kappa shape index (κ2) is 5.19. The number of carboxylic acids is 1. The fourth-order valence-electron chi connectivity index (χ4n) is 1.95. The standard InChI is InChI=1S/C10H14N2O6S2/c13-10(14)9-5-8(6-11-9)20(17,18)12-7-1-3-19(15,16)4-2-7/h5-7,11-12H,1-4H2,(H,13,14). The van der Waals surface area contributed by atoms with Crippen LogP contribution in [-0.2, 0) is 19.9 Å². The zero-order valence-electron chi connectivity index (χ0n) is 10.4. The molecule has 0 unspecified atom stereocenters. The Labute approximate surface area is 116 Å². The van der Waals surface area contributed by atoms with Crippen molar-refractivity contribution in [2.75, 3.05) is 11.5 Å². The first kappa shape index (κ1) is 15.0. The summed E-state index contributed by atoms with van der Waals surface area (Å²) in [5, 5.41) is 8.73. The molecule has 0 atom stereocenters. The molecule has 20 heavy (non-hydrogen) atoms. The third-order valence-corrected chi connectivity index (χ3v) is 6.29. The molecule has 1 aliphatic heterocycles. The van der Waals surface area contributed by atoms with Gasteiger partial charge in [-0.3, -0.25) is 0 Å². The Kier molecular flexibility index (Phi) is 3.89. The van der Waals surface area contributed by atoms with Crippen LogP contribution in [0.15, 0.2) is 17.2 Å². The SMILES string of the molecule is O=C(O)c1cc(S(=O)(=O)NC2CCS(=O)(=O)CC2)c[nH]1. The van der Waals surface area contributed by atoms with Crippen LogP contribution in [0, 0.1) is 0 Å². The minimum absolute atomic E-state index is 0.0479. The van der Waals surface area contributed by atoms with Gasteiger partial charge in [0.1, 0.15) is 20.4 Å². The maximum Gasteiger partial charge on any atom is 0.352 e. The van der Waals surface area contributed by atoms with Crippen molar-refractivity contribution in [1.29, 1.82) is 0 Å². The maximum atomic E-state index is 12.0. The fourth-order valence-corrected chi connectivity index (χ4v) is 4.74. The monoisotopic (exact) mass is 322 g/mol. The van der Waals surface area contributed by atoms with Crippen molar-refractivity contribution >= 4 is 25.8 Å². The van der Waals surface area contributed by atoms with Crippen molar-refractivity contribution < 1.29 is 26.7 Å². The smallest absolute Gasteiger partial charge is 0.352 e. The van der Waals surface area contributed by atoms with Crippen molar-refractivity contribution in [1.82, 2.24) is 9.71 Å². The molecule has 2 heterocycles. The van der Waals surface area contributed by atoms with Gasteiger partial charge in [0, 0.05) is 12.2 Å². The van der Waals surface area contributed by atoms with Gasteiger partial charge >= 0.3 is 5.97 Å². The molecule has 1 aromatic heterocycles. The molecule has 10 heteroatoms. The van der Waals surface area contributed by atoms with Crippen molar-refractivity contribution in [2.45, 2.75) is 23.8 Å². The van der Waals surface area contributed by atoms with E-state index in [2.05, 4.69) is 9.71 Å². The Morgan fingerprint density at radius 3 is 2.45 bits per heavy atom. The van der Waals surface area contributed by atoms with Crippen LogP contribution in [0.3, 0.4) is 0 Å². The number of carbonyl (C=O) groups is 1. The Balaban J connectivity index is 2.09. The summed E-state index contributed by atoms with van der Waals surface area (Å²) < 4.78 is 49.0. The average molecular weight is 322 g/mol. The van der Waals surface area contributed by atoms with Crippen LogP contribution >= 0.6 is 0 Å². The highest BCUT2D eigenvalue weighted by Crippen LogP contribution is 2.16. The lowest BCUT2D eigenvalue weighted by molar-refractivity contribution is 0.0691. The van der Waals surface area contributed by atoms with E-state index in [1.165, 1.54) is 0 Å². The van der Waals surface area contributed by atoms with Crippen molar-refractivity contribution in [3.8, 4) is 0 Å². The molecule has 8 nitrogen and oxygen atoms in total. The minimum atomic E-state index is -3.85. The molecule has 0 aliphatic carbocycles. The van der Waals surface area contributed by atoms with Crippen molar-refractivity contribution in [3.05, 3.63) is 18.0 Å². The molecule has 0 bridgehead atoms. The molecule has 1 saturated heterocycles. The largest absolute Gasteiger partial charge is 0.477 e. The second-order valence-electron chi connectivity index (χ2n) is 4.60. The average Bonchev–Trinajstić information content (AvgIpc) is 2.82. The molecule has 1 aliphatic rings. The molecule has 1 fully saturated rings. The molecular weight excluding hydrogens is 308 g/mol. The van der Waals surface area contributed by atoms with Crippen molar-refractivity contribution in [3.63, 3.8) is 0 Å². The summed E-state index contributed by atoms with van der Waals surface area (Å²) in [6.45, 7) is 0. The Morgan fingerprint density at radius 2 is 1.95 bits per heavy atom. The lowest BCUT2D eigenvalue weighted by atomic mass is 10.2. The van der Waals surface area contributed by atoms with E-state index < -0.39 is 31.9 Å². The summed E-state index contributed by atoms with van der Waals surface area (Å²) >= 11 is 0. The van der Waals surface area contributed by atoms with Crippen LogP contribution in [0.2, 0.25) is 0 Å². The van der Waals surface area contributed by atoms with Crippen LogP contribution in [0.25, 0.3) is 0 Å². The third kappa shape index (κ3) is 3.38. The Hall–Kier alpha value is -1.39. The lowest BCUT2D eigenvalue weighted by Crippen LogP contribution is -2.40. The van der Waals surface area contributed by atoms with Gasteiger partial charge < -0.3 is 10.1 Å². The molecule has 0 radical (unpaired) electrons. The number of H-pyrrole nitrogens is 1. The highest BCUT2D eigenvalue weighted by Gasteiger charge is 2.28. The van der Waals surface area contributed by atoms with E-state index >= 15 is 0 Å². The molecule has 0 amide bonds. The number of rotatable bonds is 4. The molecule has 3 N–H and O–H groups in total. The molecule has 0 saturated carbocycles. The summed E-state index contributed by atoms with van der Waals surface area (Å²) in [5.41, 5.74) is -0.225. The zero-order valence-corrected chi connectivity index (χ0v) is 12.0. The Bertz CT molecular complexity index is 705. The molecule has 1 aromatic rings. The predicted molar refractivity (Wildman–Crippen MR) is 69.7 cm³/mol. The minimum Gasteiger partial charge on any atom is -0.477 e. The molecule has 0 aromatic carbocycles. The highest BCUT2D eigenvalue weighted by atomic mass is 32.2. The quantitative estimate of drug-likeness (QED) is 0.688. The number of hydrogen-bond acceptors (Lipinski definition) is 5. The van der Waals surface area contributed by atoms with Crippen LogP contribution in [0.5, 0.6) is 0 Å². The fraction of sp³-hybridized carbons (Fsp3) is 0.500. The van der Waals surface area contributed by atoms with Crippen LogP contribution in [0.1, 0.15) is 23.3 Å². The number of hydrogen-bond donors (Lipinski definition) is 3. The first-order chi connectivity index (χ1) is 9.20. The van der Waals surface area contributed by atoms with E-state index in [9.17, 15) is 21.6 Å². The van der Waals surface area contributed by atoms with E-state index in [1.54, 1.807) is 0 Å². The topological polar surface area (TPSA) is 133 Å². The Morgan fingerprint density at radius 1 is 1.35 bits per heavy atom. The number of aromatic amines is 1. The van der Waals surface area contributed by atoms with Gasteiger partial charge in [0.05, 0.1) is 11.5 Å². The predicted octanol–water partition coefficient (Wildman–Crippen LogP) is -0.432. The zero-order chi connectivity index (χ0) is 15.0. The molecular formula is C10H14N2O6S2. The van der Waals surface area contributed by atoms with E-state index in [0.29, 0.717) is 0 Å². The summed E-state index contributed by atoms with van der Waals surface area (Å²) in [5.74, 6) is -1.35. The summed E-state index contributed by atoms with van der Waals surface area (Å²) in [7, 11) is -6.91. The van der Waals surface area contributed by atoms with Gasteiger partial charge in [-0.25, -0.2) is 26.4 Å². The number of carboxylic acid groups (broad SMARTS) is 1. The number of aromatic carboxylic acids is 1. The number of sulfone groups is 1. The van der Waals surface area contributed by atoms with Gasteiger partial charge in [0.25, 0.3) is 0 Å². The first-order valence-corrected chi connectivity index (χ1v) is 9.14. The second-order valence-corrected chi connectivity index (χ2v) is 8.62. The van der Waals surface area contributed by atoms with Gasteiger partial charge in [-0.1, -0.05) is 0 Å². The molecule has 2 rings (SSSR count). The highest BCUT2D eigenvalue weighted by molar-refractivity contribution is 7.91. The van der Waals surface area contributed by atoms with E-state index in [1.807, 2.05) is 0 Å². The van der Waals surface area contributed by atoms with Gasteiger partial charge in [0.2, 0.25) is 10.0 Å². The van der Waals surface area contributed by atoms with Gasteiger partial charge in [-0.05, 0) is 18.9 Å². The van der Waals surface area contributed by atoms with Gasteiger partial charge in [-0.15, -0.1) is 0 Å². The summed E-state index contributed by atoms with van der Waals surface area (Å²) in [4.78, 5) is 12.9. The van der Waals surface area contributed by atoms with Crippen LogP contribution < -0.4 is 4.72 Å². The normalized spacial score (nSPS) is 19.8. The van der Waals surface area contributed by atoms with Gasteiger partial charge in [0.15, 0.2) is 0 Å². The number of aromatic nitrogens is 1. The van der Waals surface area contributed by atoms with E-state index in [0.717, 1.165) is 12.3 Å². The third-order valence-electron chi connectivity index (χ3n) is 3.07. The van der Waals surface area contributed by atoms with E-state index in [-0.39, 0.29) is 34.9 Å². The number of nitrogens with one attached hydrogen (secondary N) is 2. The lowest BCUT2D eigenvalue weighted by Gasteiger charge is -2.22. The summed E-state index contributed by atoms with van der Waals surface area (Å²) in [6.07, 6.45) is 1.53. The number of sulfonamides is 1. The summed E-state index contributed by atoms with van der Waals surface area (Å²) in [6, 6.07) is 0.566. The first-order valence-electron chi connectivity index (χ1n) is 5.84. The maximum absolute atomic E-state index is 12.0.